The van der Waals surface area contributed by atoms with Crippen LogP contribution in [0.1, 0.15) is 0 Å². The Labute approximate surface area is 82.1 Å². The van der Waals surface area contributed by atoms with E-state index in [0.29, 0.717) is 11.5 Å². The third-order valence-corrected chi connectivity index (χ3v) is 2.64. The van der Waals surface area contributed by atoms with Gasteiger partial charge in [0.1, 0.15) is 13.0 Å². The fourth-order valence-corrected chi connectivity index (χ4v) is 1.28. The lowest BCUT2D eigenvalue weighted by Crippen LogP contribution is -2.49. The van der Waals surface area contributed by atoms with Gasteiger partial charge in [0.25, 0.3) is 0 Å². The zero-order valence-corrected chi connectivity index (χ0v) is 7.89. The van der Waals surface area contributed by atoms with E-state index in [1.54, 1.807) is 5.53 Å². The summed E-state index contributed by atoms with van der Waals surface area (Å²) in [5, 5.41) is 3.82. The lowest BCUT2D eigenvalue weighted by atomic mass is 10.7. The maximum Gasteiger partial charge on any atom is 0.518 e. The Morgan fingerprint density at radius 3 is 2.47 bits per heavy atom. The van der Waals surface area contributed by atoms with Crippen molar-refractivity contribution in [1.82, 2.24) is 15.1 Å². The molecule has 0 aromatic heterocycles. The first kappa shape index (κ1) is 12.0. The van der Waals surface area contributed by atoms with Crippen LogP contribution in [-0.2, 0) is 10.0 Å². The SMILES string of the molecule is O=S(=O)(N1C=NN(CCF)N1)C(F)(F)F. The number of hydrogen-bond donors (Lipinski definition) is 1. The first-order chi connectivity index (χ1) is 6.79. The summed E-state index contributed by atoms with van der Waals surface area (Å²) >= 11 is 0. The summed E-state index contributed by atoms with van der Waals surface area (Å²) in [4.78, 5) is 0. The molecule has 0 saturated carbocycles. The highest BCUT2D eigenvalue weighted by Gasteiger charge is 2.51. The van der Waals surface area contributed by atoms with E-state index in [4.69, 9.17) is 0 Å². The molecule has 0 atom stereocenters. The Kier molecular flexibility index (Phi) is 3.04. The molecule has 0 radical (unpaired) electrons. The van der Waals surface area contributed by atoms with Gasteiger partial charge in [0, 0.05) is 0 Å². The van der Waals surface area contributed by atoms with Gasteiger partial charge in [-0.15, -0.1) is 10.6 Å². The van der Waals surface area contributed by atoms with Gasteiger partial charge in [0.05, 0.1) is 6.54 Å². The van der Waals surface area contributed by atoms with E-state index in [9.17, 15) is 26.0 Å². The molecular formula is C4H6F4N4O2S. The van der Waals surface area contributed by atoms with Gasteiger partial charge in [-0.25, -0.2) is 9.51 Å². The van der Waals surface area contributed by atoms with Gasteiger partial charge in [0.2, 0.25) is 0 Å². The van der Waals surface area contributed by atoms with E-state index in [-0.39, 0.29) is 11.0 Å². The molecule has 1 heterocycles. The smallest absolute Gasteiger partial charge is 0.249 e. The third-order valence-electron chi connectivity index (χ3n) is 1.36. The highest BCUT2D eigenvalue weighted by Crippen LogP contribution is 2.25. The Morgan fingerprint density at radius 2 is 2.00 bits per heavy atom. The lowest BCUT2D eigenvalue weighted by molar-refractivity contribution is -0.0495. The van der Waals surface area contributed by atoms with Crippen LogP contribution in [0.5, 0.6) is 0 Å². The zero-order chi connectivity index (χ0) is 11.7. The minimum atomic E-state index is -5.52. The van der Waals surface area contributed by atoms with Gasteiger partial charge in [-0.3, -0.25) is 0 Å². The summed E-state index contributed by atoms with van der Waals surface area (Å²) in [5.41, 5.74) is -3.70. The number of hydrazine groups is 2. The first-order valence-electron chi connectivity index (χ1n) is 3.53. The molecule has 0 amide bonds. The second kappa shape index (κ2) is 3.81. The van der Waals surface area contributed by atoms with Crippen LogP contribution in [-0.4, -0.2) is 43.0 Å². The van der Waals surface area contributed by atoms with E-state index in [0.717, 1.165) is 0 Å². The van der Waals surface area contributed by atoms with Crippen molar-refractivity contribution in [1.29, 1.82) is 0 Å². The van der Waals surface area contributed by atoms with Crippen LogP contribution < -0.4 is 5.53 Å². The largest absolute Gasteiger partial charge is 0.518 e. The predicted molar refractivity (Wildman–Crippen MR) is 41.1 cm³/mol. The number of halogens is 4. The van der Waals surface area contributed by atoms with E-state index >= 15 is 0 Å². The van der Waals surface area contributed by atoms with Crippen molar-refractivity contribution in [3.05, 3.63) is 0 Å². The molecule has 0 spiro atoms. The lowest BCUT2D eigenvalue weighted by Gasteiger charge is -2.19. The summed E-state index contributed by atoms with van der Waals surface area (Å²) < 4.78 is 68.9. The Morgan fingerprint density at radius 1 is 1.40 bits per heavy atom. The predicted octanol–water partition coefficient (Wildman–Crippen LogP) is -0.214. The quantitative estimate of drug-likeness (QED) is 0.704. The van der Waals surface area contributed by atoms with Crippen molar-refractivity contribution in [2.45, 2.75) is 5.51 Å². The normalized spacial score (nSPS) is 17.6. The van der Waals surface area contributed by atoms with Crippen LogP contribution in [0, 0.1) is 0 Å². The van der Waals surface area contributed by atoms with E-state index < -0.39 is 22.2 Å². The molecule has 1 aliphatic heterocycles. The van der Waals surface area contributed by atoms with Crippen molar-refractivity contribution in [2.75, 3.05) is 13.2 Å². The monoisotopic (exact) mass is 250 g/mol. The van der Waals surface area contributed by atoms with E-state index in [1.807, 2.05) is 0 Å². The van der Waals surface area contributed by atoms with Gasteiger partial charge in [-0.1, -0.05) is 0 Å². The standard InChI is InChI=1S/C4H6F4N4O2S/c5-1-2-11-9-3-12(10-11)15(13,14)4(6,7)8/h3,10H,1-2H2. The first-order valence-corrected chi connectivity index (χ1v) is 4.97. The topological polar surface area (TPSA) is 65.0 Å². The summed E-state index contributed by atoms with van der Waals surface area (Å²) in [6, 6.07) is 0. The van der Waals surface area contributed by atoms with Crippen LogP contribution in [0.2, 0.25) is 0 Å². The van der Waals surface area contributed by atoms with Crippen molar-refractivity contribution in [3.8, 4) is 0 Å². The minimum absolute atomic E-state index is 0.233. The molecule has 0 unspecified atom stereocenters. The van der Waals surface area contributed by atoms with Crippen LogP contribution in [0.25, 0.3) is 0 Å². The van der Waals surface area contributed by atoms with Crippen molar-refractivity contribution < 1.29 is 26.0 Å². The number of nitrogens with zero attached hydrogens (tertiary/aromatic N) is 3. The second-order valence-electron chi connectivity index (χ2n) is 2.39. The van der Waals surface area contributed by atoms with Gasteiger partial charge < -0.3 is 0 Å². The highest BCUT2D eigenvalue weighted by molar-refractivity contribution is 7.90. The molecule has 0 saturated heterocycles. The fourth-order valence-electron chi connectivity index (χ4n) is 0.690. The van der Waals surface area contributed by atoms with Crippen molar-refractivity contribution in [3.63, 3.8) is 0 Å². The summed E-state index contributed by atoms with van der Waals surface area (Å²) in [5.74, 6) is 0. The summed E-state index contributed by atoms with van der Waals surface area (Å²) in [6.07, 6.45) is 0.401. The minimum Gasteiger partial charge on any atom is -0.249 e. The molecule has 6 nitrogen and oxygen atoms in total. The highest BCUT2D eigenvalue weighted by atomic mass is 32.2. The summed E-state index contributed by atoms with van der Waals surface area (Å²) in [6.45, 7) is -1.25. The van der Waals surface area contributed by atoms with Crippen molar-refractivity contribution in [2.24, 2.45) is 5.10 Å². The van der Waals surface area contributed by atoms with Crippen LogP contribution in [0.3, 0.4) is 0 Å². The number of alkyl halides is 4. The van der Waals surface area contributed by atoms with Gasteiger partial charge in [0.15, 0.2) is 0 Å². The molecule has 11 heteroatoms. The number of sulfonamides is 1. The average Bonchev–Trinajstić information content (AvgIpc) is 2.51. The molecule has 88 valence electrons. The summed E-state index contributed by atoms with van der Waals surface area (Å²) in [7, 11) is -5.52. The van der Waals surface area contributed by atoms with Gasteiger partial charge in [-0.2, -0.15) is 26.0 Å². The Balaban J connectivity index is 2.75. The van der Waals surface area contributed by atoms with Gasteiger partial charge >= 0.3 is 15.5 Å². The molecule has 1 rings (SSSR count). The third kappa shape index (κ3) is 2.28. The van der Waals surface area contributed by atoms with E-state index in [1.165, 1.54) is 0 Å². The Bertz CT molecular complexity index is 352. The molecule has 0 aromatic rings. The molecule has 15 heavy (non-hydrogen) atoms. The molecular weight excluding hydrogens is 244 g/mol. The average molecular weight is 250 g/mol. The molecule has 0 aromatic carbocycles. The van der Waals surface area contributed by atoms with E-state index in [2.05, 4.69) is 5.10 Å². The molecule has 0 bridgehead atoms. The number of nitrogens with one attached hydrogen (secondary N) is 1. The van der Waals surface area contributed by atoms with Crippen LogP contribution >= 0.6 is 0 Å². The molecule has 0 aliphatic carbocycles. The molecule has 1 aliphatic rings. The van der Waals surface area contributed by atoms with Crippen molar-refractivity contribution >= 4 is 16.4 Å². The fraction of sp³-hybridized carbons (Fsp3) is 0.750. The molecule has 0 fully saturated rings. The Hall–Kier alpha value is -1.10. The number of rotatable bonds is 3. The van der Waals surface area contributed by atoms with Gasteiger partial charge in [-0.05, 0) is 0 Å². The maximum atomic E-state index is 12.0. The molecule has 1 N–H and O–H groups in total. The number of hydrazone groups is 1. The maximum absolute atomic E-state index is 12.0. The second-order valence-corrected chi connectivity index (χ2v) is 4.20. The van der Waals surface area contributed by atoms with Crippen LogP contribution in [0.4, 0.5) is 17.6 Å². The zero-order valence-electron chi connectivity index (χ0n) is 7.07. The van der Waals surface area contributed by atoms with Crippen LogP contribution in [0.15, 0.2) is 5.10 Å². The number of hydrogen-bond acceptors (Lipinski definition) is 5.